The van der Waals surface area contributed by atoms with Crippen molar-refractivity contribution in [2.24, 2.45) is 5.73 Å². The van der Waals surface area contributed by atoms with Gasteiger partial charge in [-0.25, -0.2) is 23.3 Å². The molecule has 0 aliphatic rings. The molecule has 4 rings (SSSR count). The number of hydrogen-bond donors (Lipinski definition) is 4. The van der Waals surface area contributed by atoms with Gasteiger partial charge in [0.05, 0.1) is 22.1 Å². The number of esters is 2. The summed E-state index contributed by atoms with van der Waals surface area (Å²) in [5, 5.41) is 30.0. The highest BCUT2D eigenvalue weighted by atomic mass is 35.5. The van der Waals surface area contributed by atoms with Crippen LogP contribution in [0, 0.1) is 22.9 Å². The average Bonchev–Trinajstić information content (AvgIpc) is 3.50. The number of ether oxygens (including phenoxy) is 3. The third kappa shape index (κ3) is 17.0. The van der Waals surface area contributed by atoms with E-state index < -0.39 is 101 Å². The van der Waals surface area contributed by atoms with Gasteiger partial charge in [0, 0.05) is 36.4 Å². The van der Waals surface area contributed by atoms with Crippen molar-refractivity contribution in [2.75, 3.05) is 26.0 Å². The number of nitrogens with two attached hydrogens (primary N) is 1. The van der Waals surface area contributed by atoms with Crippen LogP contribution < -0.4 is 16.2 Å². The van der Waals surface area contributed by atoms with E-state index in [-0.39, 0.29) is 63.1 Å². The second kappa shape index (κ2) is 24.0. The van der Waals surface area contributed by atoms with Gasteiger partial charge in [0.1, 0.15) is 40.0 Å². The first-order valence-corrected chi connectivity index (χ1v) is 21.2. The summed E-state index contributed by atoms with van der Waals surface area (Å²) in [5.74, 6) is -6.10. The third-order valence-corrected chi connectivity index (χ3v) is 9.93. The minimum absolute atomic E-state index is 0.0412. The molecule has 5 N–H and O–H groups in total. The lowest BCUT2D eigenvalue weighted by atomic mass is 10.1. The molecule has 0 aliphatic carbocycles. The van der Waals surface area contributed by atoms with Gasteiger partial charge in [0.25, 0.3) is 5.69 Å². The molecule has 3 atom stereocenters. The predicted molar refractivity (Wildman–Crippen MR) is 217 cm³/mol. The predicted octanol–water partition coefficient (Wildman–Crippen LogP) is 7.23. The van der Waals surface area contributed by atoms with Gasteiger partial charge in [-0.2, -0.15) is 26.6 Å². The van der Waals surface area contributed by atoms with E-state index in [1.807, 2.05) is 0 Å². The zero-order valence-electron chi connectivity index (χ0n) is 33.4. The first-order valence-electron chi connectivity index (χ1n) is 17.7. The molecular formula is C36H35Cl3F6N5O14P. The van der Waals surface area contributed by atoms with E-state index in [0.717, 1.165) is 49.4 Å². The Morgan fingerprint density at radius 3 is 2.14 bits per heavy atom. The Hall–Kier alpha value is -5.72. The molecule has 3 unspecified atom stereocenters. The number of carbonyl (C=O) groups is 4. The van der Waals surface area contributed by atoms with E-state index in [1.54, 1.807) is 0 Å². The highest BCUT2D eigenvalue weighted by Crippen LogP contribution is 2.38. The van der Waals surface area contributed by atoms with Gasteiger partial charge >= 0.3 is 42.3 Å². The summed E-state index contributed by atoms with van der Waals surface area (Å²) in [7, 11) is -3.10. The second-order valence-corrected chi connectivity index (χ2v) is 16.8. The fourth-order valence-corrected chi connectivity index (χ4v) is 6.10. The van der Waals surface area contributed by atoms with Crippen LogP contribution in [0.15, 0.2) is 53.3 Å². The van der Waals surface area contributed by atoms with Gasteiger partial charge in [0.15, 0.2) is 19.8 Å². The summed E-state index contributed by atoms with van der Waals surface area (Å²) in [4.78, 5) is 75.4. The molecule has 3 aromatic carbocycles. The Balaban J connectivity index is 0.000000370. The number of carboxylic acids is 2. The Morgan fingerprint density at radius 2 is 1.65 bits per heavy atom. The van der Waals surface area contributed by atoms with Crippen molar-refractivity contribution in [2.45, 2.75) is 50.8 Å². The monoisotopic (exact) mass is 1010 g/mol. The SMILES string of the molecule is CCOC(=O)COC(=O)c1cc(Oc2ccc(C(F)(F)F)cc2Cl)ccc1[N+](=O)[O-].CP(=O)(O)CCC(N)C(=O)O.Cc1nn(-c2cc(CC(Cl)C(=O)O)c(Cl)cc2F)c(=O)n1C(F)F. The molecule has 0 saturated carbocycles. The lowest BCUT2D eigenvalue weighted by Crippen LogP contribution is -2.30. The molecule has 65 heavy (non-hydrogen) atoms. The molecule has 29 heteroatoms. The number of aliphatic carboxylic acids is 2. The minimum atomic E-state index is -4.61. The van der Waals surface area contributed by atoms with Crippen molar-refractivity contribution in [1.29, 1.82) is 0 Å². The molecule has 19 nitrogen and oxygen atoms in total. The Bertz CT molecular complexity index is 2500. The Labute approximate surface area is 376 Å². The van der Waals surface area contributed by atoms with Crippen LogP contribution in [0.2, 0.25) is 10.0 Å². The third-order valence-electron chi connectivity index (χ3n) is 7.86. The van der Waals surface area contributed by atoms with Crippen molar-refractivity contribution < 1.29 is 84.3 Å². The Morgan fingerprint density at radius 1 is 1.02 bits per heavy atom. The molecule has 0 radical (unpaired) electrons. The van der Waals surface area contributed by atoms with Gasteiger partial charge in [-0.05, 0) is 62.2 Å². The van der Waals surface area contributed by atoms with E-state index in [2.05, 4.69) is 9.84 Å². The van der Waals surface area contributed by atoms with Gasteiger partial charge in [-0.3, -0.25) is 24.3 Å². The van der Waals surface area contributed by atoms with Crippen LogP contribution in [0.5, 0.6) is 11.5 Å². The first kappa shape index (κ1) is 55.4. The number of aromatic nitrogens is 3. The molecule has 0 amide bonds. The summed E-state index contributed by atoms with van der Waals surface area (Å²) < 4.78 is 104. The number of benzene rings is 3. The van der Waals surface area contributed by atoms with Crippen LogP contribution in [0.1, 0.15) is 47.2 Å². The standard InChI is InChI=1S/C18H13ClF3NO7.C13H10Cl2F3N3O3.C5H12NO4P/c1-2-28-16(24)9-29-17(25)12-8-11(4-5-14(12)23(26)27)30-15-6-3-10(7-13(15)19)18(20,21)22;1-5-19-21(13(24)20(5)12(17)18)10-3-6(2-8(15)11(22)23)7(14)4-9(10)16;1-11(9,10)3-2-4(6)5(7)8/h3-8H,2,9H2,1H3;3-4,8,12H,2H2,1H3,(H,22,23);4H,2-3,6H2,1H3,(H,7,8)(H,9,10). The van der Waals surface area contributed by atoms with Crippen LogP contribution in [-0.2, 0) is 41.0 Å². The van der Waals surface area contributed by atoms with Crippen LogP contribution in [0.4, 0.5) is 32.0 Å². The minimum Gasteiger partial charge on any atom is -0.480 e. The van der Waals surface area contributed by atoms with Crippen LogP contribution in [0.25, 0.3) is 5.69 Å². The maximum Gasteiger partial charge on any atom is 0.416 e. The summed E-state index contributed by atoms with van der Waals surface area (Å²) >= 11 is 17.3. The molecule has 0 saturated heterocycles. The molecule has 0 aliphatic heterocycles. The van der Waals surface area contributed by atoms with E-state index >= 15 is 0 Å². The molecule has 0 fully saturated rings. The number of aryl methyl sites for hydroxylation is 1. The van der Waals surface area contributed by atoms with Crippen molar-refractivity contribution >= 4 is 71.7 Å². The number of nitro benzene ring substituents is 1. The van der Waals surface area contributed by atoms with Crippen LogP contribution in [0.3, 0.4) is 0 Å². The summed E-state index contributed by atoms with van der Waals surface area (Å²) in [6, 6.07) is 6.21. The van der Waals surface area contributed by atoms with Crippen molar-refractivity contribution in [1.82, 2.24) is 14.3 Å². The topological polar surface area (TPSA) is 283 Å². The number of carboxylic acid groups (broad SMARTS) is 2. The average molecular weight is 1010 g/mol. The van der Waals surface area contributed by atoms with Crippen molar-refractivity contribution in [3.05, 3.63) is 108 Å². The number of rotatable bonds is 16. The maximum absolute atomic E-state index is 14.1. The van der Waals surface area contributed by atoms with Gasteiger partial charge in [-0.15, -0.1) is 16.7 Å². The van der Waals surface area contributed by atoms with Gasteiger partial charge < -0.3 is 35.1 Å². The van der Waals surface area contributed by atoms with E-state index in [4.69, 9.17) is 65.1 Å². The number of alkyl halides is 6. The maximum atomic E-state index is 14.1. The largest absolute Gasteiger partial charge is 0.480 e. The lowest BCUT2D eigenvalue weighted by Gasteiger charge is -2.12. The number of halogens is 9. The summed E-state index contributed by atoms with van der Waals surface area (Å²) in [6.45, 7) is 0.0328. The highest BCUT2D eigenvalue weighted by molar-refractivity contribution is 7.57. The van der Waals surface area contributed by atoms with Crippen LogP contribution in [-0.4, -0.2) is 95.7 Å². The van der Waals surface area contributed by atoms with Crippen molar-refractivity contribution in [3.8, 4) is 17.2 Å². The quantitative estimate of drug-likeness (QED) is 0.0215. The molecule has 0 spiro atoms. The molecule has 4 aromatic rings. The first-order chi connectivity index (χ1) is 30.0. The lowest BCUT2D eigenvalue weighted by molar-refractivity contribution is -0.385. The number of nitro groups is 1. The van der Waals surface area contributed by atoms with E-state index in [0.29, 0.717) is 10.7 Å². The normalized spacial score (nSPS) is 12.9. The Kier molecular flexibility index (Phi) is 20.5. The fraction of sp³-hybridized carbons (Fsp3) is 0.333. The fourth-order valence-electron chi connectivity index (χ4n) is 4.73. The zero-order valence-corrected chi connectivity index (χ0v) is 36.6. The smallest absolute Gasteiger partial charge is 0.416 e. The van der Waals surface area contributed by atoms with E-state index in [1.165, 1.54) is 13.6 Å². The molecule has 1 aromatic heterocycles. The summed E-state index contributed by atoms with van der Waals surface area (Å²) in [5.41, 5.74) is 1.39. The molecule has 1 heterocycles. The zero-order chi connectivity index (χ0) is 49.7. The number of hydrogen-bond acceptors (Lipinski definition) is 13. The molecule has 0 bridgehead atoms. The van der Waals surface area contributed by atoms with Gasteiger partial charge in [-0.1, -0.05) is 23.2 Å². The molecule has 356 valence electrons. The number of carbonyl (C=O) groups excluding carboxylic acids is 2. The van der Waals surface area contributed by atoms with Crippen LogP contribution >= 0.6 is 42.2 Å². The van der Waals surface area contributed by atoms with Gasteiger partial charge in [0.2, 0.25) is 0 Å². The van der Waals surface area contributed by atoms with E-state index in [9.17, 15) is 65.0 Å². The summed E-state index contributed by atoms with van der Waals surface area (Å²) in [6.07, 6.45) is -4.86. The highest BCUT2D eigenvalue weighted by Gasteiger charge is 2.31. The van der Waals surface area contributed by atoms with Crippen molar-refractivity contribution in [3.63, 3.8) is 0 Å². The second-order valence-electron chi connectivity index (χ2n) is 12.9. The number of nitrogens with zero attached hydrogens (tertiary/aromatic N) is 4. The molecular weight excluding hydrogens is 978 g/mol.